The highest BCUT2D eigenvalue weighted by Crippen LogP contribution is 2.10. The van der Waals surface area contributed by atoms with Crippen LogP contribution in [0.3, 0.4) is 0 Å². The Morgan fingerprint density at radius 1 is 1.43 bits per heavy atom. The molecule has 74 valence electrons. The lowest BCUT2D eigenvalue weighted by Gasteiger charge is -1.97. The van der Waals surface area contributed by atoms with Crippen molar-refractivity contribution in [3.8, 4) is 0 Å². The third kappa shape index (κ3) is 2.49. The van der Waals surface area contributed by atoms with Crippen molar-refractivity contribution < 1.29 is 13.6 Å². The van der Waals surface area contributed by atoms with Crippen molar-refractivity contribution in [1.29, 1.82) is 0 Å². The van der Waals surface area contributed by atoms with Gasteiger partial charge in [-0.2, -0.15) is 0 Å². The Labute approximate surface area is 81.1 Å². The molecule has 0 radical (unpaired) electrons. The summed E-state index contributed by atoms with van der Waals surface area (Å²) in [6.07, 6.45) is 3.62. The summed E-state index contributed by atoms with van der Waals surface area (Å²) in [6.45, 7) is 1.87. The van der Waals surface area contributed by atoms with Gasteiger partial charge in [0.15, 0.2) is 5.78 Å². The van der Waals surface area contributed by atoms with Crippen LogP contribution in [0.5, 0.6) is 0 Å². The Morgan fingerprint density at radius 2 is 2.14 bits per heavy atom. The van der Waals surface area contributed by atoms with Crippen LogP contribution in [0.4, 0.5) is 8.78 Å². The summed E-state index contributed by atoms with van der Waals surface area (Å²) in [5.74, 6) is -1.95. The van der Waals surface area contributed by atoms with Crippen LogP contribution in [0.1, 0.15) is 23.7 Å². The molecular weight excluding hydrogens is 186 g/mol. The first-order valence-corrected chi connectivity index (χ1v) is 4.31. The molecule has 0 aromatic heterocycles. The summed E-state index contributed by atoms with van der Waals surface area (Å²) < 4.78 is 25.5. The van der Waals surface area contributed by atoms with E-state index in [0.29, 0.717) is 12.5 Å². The molecular formula is C11H10F2O. The smallest absolute Gasteiger partial charge is 0.188 e. The second-order valence-corrected chi connectivity index (χ2v) is 2.80. The van der Waals surface area contributed by atoms with Gasteiger partial charge in [-0.05, 0) is 24.6 Å². The number of rotatable bonds is 3. The van der Waals surface area contributed by atoms with Gasteiger partial charge in [0.1, 0.15) is 11.6 Å². The molecule has 0 unspecified atom stereocenters. The van der Waals surface area contributed by atoms with E-state index in [4.69, 9.17) is 0 Å². The molecule has 0 aliphatic carbocycles. The number of carbonyl (C=O) groups excluding carboxylic acids is 1. The second-order valence-electron chi connectivity index (χ2n) is 2.80. The highest BCUT2D eigenvalue weighted by Gasteiger charge is 2.08. The molecule has 0 amide bonds. The normalized spacial score (nSPS) is 10.8. The molecule has 1 aromatic carbocycles. The molecule has 0 spiro atoms. The molecule has 0 N–H and O–H groups in total. The third-order valence-corrected chi connectivity index (χ3v) is 1.70. The predicted octanol–water partition coefficient (Wildman–Crippen LogP) is 3.11. The van der Waals surface area contributed by atoms with Crippen LogP contribution in [-0.2, 0) is 0 Å². The van der Waals surface area contributed by atoms with E-state index in [1.165, 1.54) is 6.08 Å². The maximum Gasteiger partial charge on any atom is 0.188 e. The molecule has 1 rings (SSSR count). The zero-order valence-corrected chi connectivity index (χ0v) is 7.76. The van der Waals surface area contributed by atoms with Crippen molar-refractivity contribution in [2.45, 2.75) is 13.3 Å². The summed E-state index contributed by atoms with van der Waals surface area (Å²) >= 11 is 0. The van der Waals surface area contributed by atoms with Crippen molar-refractivity contribution in [1.82, 2.24) is 0 Å². The van der Waals surface area contributed by atoms with Gasteiger partial charge in [0.2, 0.25) is 0 Å². The molecule has 0 aliphatic heterocycles. The maximum atomic E-state index is 13.0. The molecule has 1 aromatic rings. The maximum absolute atomic E-state index is 13.0. The largest absolute Gasteiger partial charge is 0.289 e. The lowest BCUT2D eigenvalue weighted by Crippen LogP contribution is -1.98. The van der Waals surface area contributed by atoms with Crippen molar-refractivity contribution in [2.75, 3.05) is 0 Å². The van der Waals surface area contributed by atoms with Crippen molar-refractivity contribution in [3.63, 3.8) is 0 Å². The summed E-state index contributed by atoms with van der Waals surface area (Å²) in [5.41, 5.74) is -0.101. The third-order valence-electron chi connectivity index (χ3n) is 1.70. The van der Waals surface area contributed by atoms with Crippen molar-refractivity contribution >= 4 is 5.78 Å². The first-order valence-electron chi connectivity index (χ1n) is 4.31. The Kier molecular flexibility index (Phi) is 3.51. The fourth-order valence-electron chi connectivity index (χ4n) is 1.00. The molecule has 0 bridgehead atoms. The van der Waals surface area contributed by atoms with E-state index >= 15 is 0 Å². The van der Waals surface area contributed by atoms with Gasteiger partial charge >= 0.3 is 0 Å². The van der Waals surface area contributed by atoms with Crippen LogP contribution < -0.4 is 0 Å². The summed E-state index contributed by atoms with van der Waals surface area (Å²) in [5, 5.41) is 0. The number of carbonyl (C=O) groups is 1. The first-order chi connectivity index (χ1) is 6.65. The van der Waals surface area contributed by atoms with E-state index < -0.39 is 17.4 Å². The van der Waals surface area contributed by atoms with E-state index in [1.807, 2.05) is 6.92 Å². The van der Waals surface area contributed by atoms with Crippen LogP contribution in [0.25, 0.3) is 0 Å². The minimum Gasteiger partial charge on any atom is -0.289 e. The van der Waals surface area contributed by atoms with Crippen molar-refractivity contribution in [2.24, 2.45) is 0 Å². The number of ketones is 1. The molecule has 0 saturated heterocycles. The summed E-state index contributed by atoms with van der Waals surface area (Å²) in [6, 6.07) is 2.91. The first kappa shape index (κ1) is 10.6. The molecule has 0 heterocycles. The van der Waals surface area contributed by atoms with Gasteiger partial charge in [0.25, 0.3) is 0 Å². The monoisotopic (exact) mass is 196 g/mol. The van der Waals surface area contributed by atoms with E-state index in [2.05, 4.69) is 0 Å². The number of benzene rings is 1. The molecule has 0 fully saturated rings. The standard InChI is InChI=1S/C11H10F2O/c1-2-3-4-11(14)9-6-5-8(12)7-10(9)13/h3-7H,2H2,1H3/b4-3+. The Bertz CT molecular complexity index is 370. The number of hydrogen-bond acceptors (Lipinski definition) is 1. The summed E-state index contributed by atoms with van der Waals surface area (Å²) in [7, 11) is 0. The molecule has 0 aliphatic rings. The molecule has 3 heteroatoms. The van der Waals surface area contributed by atoms with E-state index in [-0.39, 0.29) is 5.56 Å². The second kappa shape index (κ2) is 4.65. The fourth-order valence-corrected chi connectivity index (χ4v) is 1.00. The highest BCUT2D eigenvalue weighted by atomic mass is 19.1. The van der Waals surface area contributed by atoms with Crippen LogP contribution in [0.15, 0.2) is 30.4 Å². The number of halogens is 2. The SMILES string of the molecule is CC/C=C/C(=O)c1ccc(F)cc1F. The molecule has 0 saturated carbocycles. The van der Waals surface area contributed by atoms with Gasteiger partial charge in [-0.15, -0.1) is 0 Å². The molecule has 0 atom stereocenters. The lowest BCUT2D eigenvalue weighted by molar-refractivity contribution is 0.104. The Hall–Kier alpha value is -1.51. The van der Waals surface area contributed by atoms with E-state index in [9.17, 15) is 13.6 Å². The zero-order valence-electron chi connectivity index (χ0n) is 7.76. The van der Waals surface area contributed by atoms with Gasteiger partial charge in [-0.3, -0.25) is 4.79 Å². The minimum absolute atomic E-state index is 0.101. The van der Waals surface area contributed by atoms with Crippen molar-refractivity contribution in [3.05, 3.63) is 47.5 Å². The van der Waals surface area contributed by atoms with Crippen LogP contribution in [-0.4, -0.2) is 5.78 Å². The number of hydrogen-bond donors (Lipinski definition) is 0. The van der Waals surface area contributed by atoms with Gasteiger partial charge in [0, 0.05) is 6.07 Å². The zero-order chi connectivity index (χ0) is 10.6. The average molecular weight is 196 g/mol. The van der Waals surface area contributed by atoms with Crippen LogP contribution in [0, 0.1) is 11.6 Å². The minimum atomic E-state index is -0.823. The molecule has 1 nitrogen and oxygen atoms in total. The van der Waals surface area contributed by atoms with E-state index in [1.54, 1.807) is 6.08 Å². The number of allylic oxidation sites excluding steroid dienone is 2. The highest BCUT2D eigenvalue weighted by molar-refractivity contribution is 6.04. The summed E-state index contributed by atoms with van der Waals surface area (Å²) in [4.78, 5) is 11.3. The van der Waals surface area contributed by atoms with Gasteiger partial charge in [-0.1, -0.05) is 13.0 Å². The van der Waals surface area contributed by atoms with E-state index in [0.717, 1.165) is 12.1 Å². The van der Waals surface area contributed by atoms with Gasteiger partial charge in [-0.25, -0.2) is 8.78 Å². The Balaban J connectivity index is 2.96. The van der Waals surface area contributed by atoms with Crippen LogP contribution >= 0.6 is 0 Å². The average Bonchev–Trinajstić information content (AvgIpc) is 2.14. The topological polar surface area (TPSA) is 17.1 Å². The fraction of sp³-hybridized carbons (Fsp3) is 0.182. The molecule has 14 heavy (non-hydrogen) atoms. The van der Waals surface area contributed by atoms with Gasteiger partial charge < -0.3 is 0 Å². The Morgan fingerprint density at radius 3 is 2.71 bits per heavy atom. The lowest BCUT2D eigenvalue weighted by atomic mass is 10.1. The quantitative estimate of drug-likeness (QED) is 0.536. The van der Waals surface area contributed by atoms with Gasteiger partial charge in [0.05, 0.1) is 5.56 Å². The predicted molar refractivity (Wildman–Crippen MR) is 50.1 cm³/mol. The van der Waals surface area contributed by atoms with Crippen LogP contribution in [0.2, 0.25) is 0 Å².